The fourth-order valence-corrected chi connectivity index (χ4v) is 4.52. The van der Waals surface area contributed by atoms with Crippen LogP contribution in [0.5, 0.6) is 17.2 Å². The molecule has 2 aliphatic rings. The second-order valence-corrected chi connectivity index (χ2v) is 8.61. The molecule has 180 valence electrons. The Kier molecular flexibility index (Phi) is 6.84. The molecule has 3 aromatic rings. The van der Waals surface area contributed by atoms with Crippen molar-refractivity contribution in [1.82, 2.24) is 4.90 Å². The zero-order chi connectivity index (χ0) is 24.0. The van der Waals surface area contributed by atoms with Crippen molar-refractivity contribution in [3.8, 4) is 17.2 Å². The van der Waals surface area contributed by atoms with Crippen molar-refractivity contribution in [1.29, 1.82) is 0 Å². The molecule has 0 aliphatic carbocycles. The molecule has 0 spiro atoms. The summed E-state index contributed by atoms with van der Waals surface area (Å²) in [6.45, 7) is 1.78. The van der Waals surface area contributed by atoms with Crippen molar-refractivity contribution >= 4 is 17.5 Å². The summed E-state index contributed by atoms with van der Waals surface area (Å²) in [5, 5.41) is 2.86. The van der Waals surface area contributed by atoms with Crippen molar-refractivity contribution in [2.24, 2.45) is 0 Å². The predicted octanol–water partition coefficient (Wildman–Crippen LogP) is 4.84. The van der Waals surface area contributed by atoms with Gasteiger partial charge >= 0.3 is 0 Å². The Bertz CT molecular complexity index is 1200. The van der Waals surface area contributed by atoms with Crippen molar-refractivity contribution in [2.45, 2.75) is 25.3 Å². The lowest BCUT2D eigenvalue weighted by Crippen LogP contribution is -2.34. The van der Waals surface area contributed by atoms with Gasteiger partial charge in [-0.15, -0.1) is 0 Å². The molecule has 0 aromatic heterocycles. The monoisotopic (exact) mass is 472 g/mol. The smallest absolute Gasteiger partial charge is 0.261 e. The maximum absolute atomic E-state index is 13.2. The molecule has 3 aromatic carbocycles. The Morgan fingerprint density at radius 1 is 0.914 bits per heavy atom. The first-order valence-electron chi connectivity index (χ1n) is 12.0. The van der Waals surface area contributed by atoms with Gasteiger partial charge in [-0.3, -0.25) is 9.59 Å². The summed E-state index contributed by atoms with van der Waals surface area (Å²) < 4.78 is 17.4. The Balaban J connectivity index is 1.26. The third-order valence-corrected chi connectivity index (χ3v) is 6.24. The third-order valence-electron chi connectivity index (χ3n) is 6.24. The van der Waals surface area contributed by atoms with Crippen LogP contribution in [0.15, 0.2) is 72.8 Å². The van der Waals surface area contributed by atoms with E-state index in [0.29, 0.717) is 36.8 Å². The topological polar surface area (TPSA) is 77.1 Å². The van der Waals surface area contributed by atoms with Gasteiger partial charge in [-0.1, -0.05) is 36.4 Å². The maximum Gasteiger partial charge on any atom is 0.261 e. The van der Waals surface area contributed by atoms with Crippen LogP contribution in [0.3, 0.4) is 0 Å². The highest BCUT2D eigenvalue weighted by molar-refractivity contribution is 6.06. The van der Waals surface area contributed by atoms with E-state index in [1.165, 1.54) is 0 Å². The van der Waals surface area contributed by atoms with E-state index in [1.54, 1.807) is 24.3 Å². The molecule has 35 heavy (non-hydrogen) atoms. The lowest BCUT2D eigenvalue weighted by molar-refractivity contribution is -0.134. The van der Waals surface area contributed by atoms with Crippen molar-refractivity contribution < 1.29 is 23.8 Å². The highest BCUT2D eigenvalue weighted by Gasteiger charge is 2.31. The minimum absolute atomic E-state index is 0.0418. The summed E-state index contributed by atoms with van der Waals surface area (Å²) in [5.41, 5.74) is 2.10. The number of hydrogen-bond acceptors (Lipinski definition) is 5. The molecule has 1 saturated heterocycles. The number of nitrogens with zero attached hydrogens (tertiary/aromatic N) is 1. The van der Waals surface area contributed by atoms with Crippen molar-refractivity contribution in [3.63, 3.8) is 0 Å². The second-order valence-electron chi connectivity index (χ2n) is 8.61. The number of para-hydroxylation sites is 2. The molecule has 0 bridgehead atoms. The number of ether oxygens (including phenoxy) is 3. The van der Waals surface area contributed by atoms with Gasteiger partial charge in [0.1, 0.15) is 5.75 Å². The van der Waals surface area contributed by atoms with Crippen LogP contribution in [0, 0.1) is 0 Å². The molecule has 1 unspecified atom stereocenters. The fraction of sp³-hybridized carbons (Fsp3) is 0.286. The van der Waals surface area contributed by atoms with Crippen LogP contribution in [0.1, 0.15) is 41.2 Å². The van der Waals surface area contributed by atoms with E-state index in [9.17, 15) is 9.59 Å². The first-order valence-corrected chi connectivity index (χ1v) is 12.0. The standard InChI is InChI=1S/C28H28N2O5/c31-27(19-35-24-12-5-4-10-22(24)28(32)29-21-8-2-1-3-9-21)30-15-6-11-23(30)20-13-14-25-26(18-20)34-17-7-16-33-25/h1-5,8-10,12-14,18,23H,6-7,11,15-17,19H2,(H,29,32). The van der Waals surface area contributed by atoms with Gasteiger partial charge in [0.15, 0.2) is 18.1 Å². The zero-order valence-electron chi connectivity index (χ0n) is 19.4. The normalized spacial score (nSPS) is 16.9. The van der Waals surface area contributed by atoms with Gasteiger partial charge < -0.3 is 24.4 Å². The van der Waals surface area contributed by atoms with Crippen molar-refractivity contribution in [2.75, 3.05) is 31.7 Å². The number of anilines is 1. The van der Waals surface area contributed by atoms with Gasteiger partial charge in [-0.05, 0) is 54.8 Å². The minimum atomic E-state index is -0.287. The number of carbonyl (C=O) groups is 2. The van der Waals surface area contributed by atoms with Gasteiger partial charge in [-0.25, -0.2) is 0 Å². The molecule has 0 radical (unpaired) electrons. The molecule has 7 heteroatoms. The summed E-state index contributed by atoms with van der Waals surface area (Å²) in [5.74, 6) is 1.45. The van der Waals surface area contributed by atoms with Crippen LogP contribution in [0.4, 0.5) is 5.69 Å². The van der Waals surface area contributed by atoms with Crippen LogP contribution in [-0.4, -0.2) is 43.1 Å². The molecule has 1 N–H and O–H groups in total. The summed E-state index contributed by atoms with van der Waals surface area (Å²) in [4.78, 5) is 27.8. The van der Waals surface area contributed by atoms with Gasteiger partial charge in [0.25, 0.3) is 11.8 Å². The Labute approximate surface area is 204 Å². The van der Waals surface area contributed by atoms with Gasteiger partial charge in [0, 0.05) is 18.7 Å². The average molecular weight is 473 g/mol. The molecular formula is C28H28N2O5. The van der Waals surface area contributed by atoms with E-state index in [-0.39, 0.29) is 24.5 Å². The third kappa shape index (κ3) is 5.24. The van der Waals surface area contributed by atoms with E-state index in [2.05, 4.69) is 5.32 Å². The first-order chi connectivity index (χ1) is 17.2. The Morgan fingerprint density at radius 2 is 1.69 bits per heavy atom. The number of fused-ring (bicyclic) bond motifs is 1. The SMILES string of the molecule is O=C(Nc1ccccc1)c1ccccc1OCC(=O)N1CCCC1c1ccc2c(c1)OCCCO2. The van der Waals surface area contributed by atoms with Crippen LogP contribution in [0.25, 0.3) is 0 Å². The molecule has 2 aliphatic heterocycles. The number of benzene rings is 3. The highest BCUT2D eigenvalue weighted by Crippen LogP contribution is 2.38. The number of rotatable bonds is 6. The average Bonchev–Trinajstić information content (AvgIpc) is 3.27. The van der Waals surface area contributed by atoms with E-state index in [0.717, 1.165) is 36.3 Å². The summed E-state index contributed by atoms with van der Waals surface area (Å²) in [6, 6.07) is 22.1. The lowest BCUT2D eigenvalue weighted by atomic mass is 10.0. The number of likely N-dealkylation sites (tertiary alicyclic amines) is 1. The van der Waals surface area contributed by atoms with Crippen LogP contribution < -0.4 is 19.5 Å². The Morgan fingerprint density at radius 3 is 2.54 bits per heavy atom. The van der Waals surface area contributed by atoms with Crippen molar-refractivity contribution in [3.05, 3.63) is 83.9 Å². The molecule has 2 amide bonds. The zero-order valence-corrected chi connectivity index (χ0v) is 19.4. The summed E-state index contributed by atoms with van der Waals surface area (Å²) in [6.07, 6.45) is 2.64. The number of amides is 2. The molecule has 1 atom stereocenters. The predicted molar refractivity (Wildman–Crippen MR) is 132 cm³/mol. The van der Waals surface area contributed by atoms with E-state index in [1.807, 2.05) is 53.4 Å². The van der Waals surface area contributed by atoms with Crippen LogP contribution in [0.2, 0.25) is 0 Å². The molecule has 5 rings (SSSR count). The number of carbonyl (C=O) groups excluding carboxylic acids is 2. The number of nitrogens with one attached hydrogen (secondary N) is 1. The molecular weight excluding hydrogens is 444 g/mol. The molecule has 1 fully saturated rings. The quantitative estimate of drug-likeness (QED) is 0.555. The lowest BCUT2D eigenvalue weighted by Gasteiger charge is -2.26. The minimum Gasteiger partial charge on any atom is -0.490 e. The van der Waals surface area contributed by atoms with Gasteiger partial charge in [-0.2, -0.15) is 0 Å². The van der Waals surface area contributed by atoms with E-state index >= 15 is 0 Å². The van der Waals surface area contributed by atoms with E-state index in [4.69, 9.17) is 14.2 Å². The summed E-state index contributed by atoms with van der Waals surface area (Å²) in [7, 11) is 0. The highest BCUT2D eigenvalue weighted by atomic mass is 16.5. The second kappa shape index (κ2) is 10.5. The maximum atomic E-state index is 13.2. The molecule has 0 saturated carbocycles. The first kappa shape index (κ1) is 22.8. The van der Waals surface area contributed by atoms with Crippen LogP contribution in [-0.2, 0) is 4.79 Å². The van der Waals surface area contributed by atoms with E-state index < -0.39 is 0 Å². The Hall–Kier alpha value is -4.00. The van der Waals surface area contributed by atoms with Crippen LogP contribution >= 0.6 is 0 Å². The fourth-order valence-electron chi connectivity index (χ4n) is 4.52. The van der Waals surface area contributed by atoms with Gasteiger partial charge in [0.05, 0.1) is 24.8 Å². The summed E-state index contributed by atoms with van der Waals surface area (Å²) >= 11 is 0. The largest absolute Gasteiger partial charge is 0.490 e. The molecule has 2 heterocycles. The van der Waals surface area contributed by atoms with Gasteiger partial charge in [0.2, 0.25) is 0 Å². The molecule has 7 nitrogen and oxygen atoms in total. The number of hydrogen-bond donors (Lipinski definition) is 1.